The van der Waals surface area contributed by atoms with Gasteiger partial charge in [0.05, 0.1) is 26.0 Å². The van der Waals surface area contributed by atoms with E-state index in [0.29, 0.717) is 16.8 Å². The fourth-order valence-electron chi connectivity index (χ4n) is 2.88. The third-order valence-corrected chi connectivity index (χ3v) is 6.63. The number of ether oxygens (including phenoxy) is 2. The van der Waals surface area contributed by atoms with Crippen LogP contribution in [-0.2, 0) is 14.6 Å². The van der Waals surface area contributed by atoms with Crippen molar-refractivity contribution < 1.29 is 17.9 Å². The van der Waals surface area contributed by atoms with Crippen LogP contribution in [-0.4, -0.2) is 26.7 Å². The summed E-state index contributed by atoms with van der Waals surface area (Å²) in [7, 11) is -3.53. The maximum absolute atomic E-state index is 12.7. The lowest BCUT2D eigenvalue weighted by molar-refractivity contribution is -0.0327. The Balaban J connectivity index is 1.73. The van der Waals surface area contributed by atoms with Gasteiger partial charge >= 0.3 is 0 Å². The van der Waals surface area contributed by atoms with Crippen LogP contribution in [0.2, 0.25) is 0 Å². The van der Waals surface area contributed by atoms with Crippen molar-refractivity contribution >= 4 is 25.8 Å². The van der Waals surface area contributed by atoms with Gasteiger partial charge < -0.3 is 9.47 Å². The fourth-order valence-corrected chi connectivity index (χ4v) is 4.83. The molecular formula is C19H21BrO4S. The molecule has 1 fully saturated rings. The van der Waals surface area contributed by atoms with Crippen molar-refractivity contribution in [2.24, 2.45) is 0 Å². The summed E-state index contributed by atoms with van der Waals surface area (Å²) in [6, 6.07) is 13.2. The molecule has 0 aromatic heterocycles. The number of sulfone groups is 1. The van der Waals surface area contributed by atoms with Gasteiger partial charge in [0, 0.05) is 0 Å². The first-order chi connectivity index (χ1) is 11.8. The standard InChI is InChI=1S/C19H21BrO4S/c1-19(2)11-10-14(24-19)13-23-18-9-8-16(12-17(18)20)25(21,22)15-6-4-3-5-7-15/h3-9,12,14H,10-11,13H2,1-2H3/t14-/m0/s1. The Bertz CT molecular complexity index is 847. The average Bonchev–Trinajstić information content (AvgIpc) is 2.93. The summed E-state index contributed by atoms with van der Waals surface area (Å²) in [5.74, 6) is 0.611. The van der Waals surface area contributed by atoms with E-state index in [4.69, 9.17) is 9.47 Å². The van der Waals surface area contributed by atoms with Gasteiger partial charge in [-0.05, 0) is 73.0 Å². The van der Waals surface area contributed by atoms with Gasteiger partial charge in [0.25, 0.3) is 0 Å². The maximum atomic E-state index is 12.7. The van der Waals surface area contributed by atoms with Crippen LogP contribution in [0.25, 0.3) is 0 Å². The number of rotatable bonds is 5. The monoisotopic (exact) mass is 424 g/mol. The molecule has 1 saturated heterocycles. The average molecular weight is 425 g/mol. The SMILES string of the molecule is CC1(C)CC[C@@H](COc2ccc(S(=O)(=O)c3ccccc3)cc2Br)O1. The first kappa shape index (κ1) is 18.4. The quantitative estimate of drug-likeness (QED) is 0.702. The molecule has 6 heteroatoms. The van der Waals surface area contributed by atoms with Crippen LogP contribution in [0.15, 0.2) is 62.8 Å². The van der Waals surface area contributed by atoms with Crippen molar-refractivity contribution in [1.82, 2.24) is 0 Å². The molecule has 1 aliphatic rings. The molecule has 3 rings (SSSR count). The minimum absolute atomic E-state index is 0.0645. The Labute approximate surface area is 157 Å². The molecule has 0 spiro atoms. The van der Waals surface area contributed by atoms with Gasteiger partial charge in [-0.1, -0.05) is 18.2 Å². The minimum Gasteiger partial charge on any atom is -0.490 e. The smallest absolute Gasteiger partial charge is 0.206 e. The van der Waals surface area contributed by atoms with Crippen molar-refractivity contribution in [2.45, 2.75) is 48.2 Å². The summed E-state index contributed by atoms with van der Waals surface area (Å²) in [4.78, 5) is 0.508. The zero-order chi connectivity index (χ0) is 18.1. The molecule has 2 aromatic rings. The summed E-state index contributed by atoms with van der Waals surface area (Å²) in [6.07, 6.45) is 2.04. The molecule has 0 bridgehead atoms. The highest BCUT2D eigenvalue weighted by atomic mass is 79.9. The molecule has 1 heterocycles. The Morgan fingerprint density at radius 2 is 1.88 bits per heavy atom. The van der Waals surface area contributed by atoms with E-state index in [1.807, 2.05) is 0 Å². The predicted octanol–water partition coefficient (Wildman–Crippen LogP) is 4.62. The van der Waals surface area contributed by atoms with Gasteiger partial charge in [-0.25, -0.2) is 8.42 Å². The minimum atomic E-state index is -3.53. The molecule has 25 heavy (non-hydrogen) atoms. The Hall–Kier alpha value is -1.37. The number of hydrogen-bond acceptors (Lipinski definition) is 4. The molecule has 134 valence electrons. The van der Waals surface area contributed by atoms with E-state index in [1.165, 1.54) is 0 Å². The van der Waals surface area contributed by atoms with Gasteiger partial charge in [0.2, 0.25) is 9.84 Å². The molecule has 1 aliphatic heterocycles. The van der Waals surface area contributed by atoms with E-state index in [-0.39, 0.29) is 21.5 Å². The highest BCUT2D eigenvalue weighted by Gasteiger charge is 2.32. The maximum Gasteiger partial charge on any atom is 0.206 e. The van der Waals surface area contributed by atoms with E-state index in [2.05, 4.69) is 29.8 Å². The van der Waals surface area contributed by atoms with Crippen LogP contribution >= 0.6 is 15.9 Å². The largest absolute Gasteiger partial charge is 0.490 e. The van der Waals surface area contributed by atoms with Crippen molar-refractivity contribution in [1.29, 1.82) is 0 Å². The van der Waals surface area contributed by atoms with Crippen molar-refractivity contribution in [2.75, 3.05) is 6.61 Å². The van der Waals surface area contributed by atoms with Crippen molar-refractivity contribution in [3.63, 3.8) is 0 Å². The zero-order valence-corrected chi connectivity index (χ0v) is 16.6. The van der Waals surface area contributed by atoms with Gasteiger partial charge in [0.1, 0.15) is 12.4 Å². The van der Waals surface area contributed by atoms with E-state index >= 15 is 0 Å². The van der Waals surface area contributed by atoms with Crippen LogP contribution in [0, 0.1) is 0 Å². The van der Waals surface area contributed by atoms with Crippen molar-refractivity contribution in [3.8, 4) is 5.75 Å². The summed E-state index contributed by atoms with van der Waals surface area (Å²) in [6.45, 7) is 4.60. The molecule has 0 radical (unpaired) electrons. The normalized spacial score (nSPS) is 19.7. The van der Waals surface area contributed by atoms with E-state index in [0.717, 1.165) is 12.8 Å². The van der Waals surface area contributed by atoms with Gasteiger partial charge in [-0.2, -0.15) is 0 Å². The van der Waals surface area contributed by atoms with E-state index in [1.54, 1.807) is 48.5 Å². The number of benzene rings is 2. The molecule has 0 N–H and O–H groups in total. The first-order valence-corrected chi connectivity index (χ1v) is 10.5. The Morgan fingerprint density at radius 1 is 1.16 bits per heavy atom. The van der Waals surface area contributed by atoms with Gasteiger partial charge in [-0.3, -0.25) is 0 Å². The topological polar surface area (TPSA) is 52.6 Å². The predicted molar refractivity (Wildman–Crippen MR) is 99.7 cm³/mol. The summed E-state index contributed by atoms with van der Waals surface area (Å²) in [5, 5.41) is 0. The second-order valence-corrected chi connectivity index (χ2v) is 9.56. The molecule has 1 atom stereocenters. The van der Waals surface area contributed by atoms with Gasteiger partial charge in [-0.15, -0.1) is 0 Å². The number of hydrogen-bond donors (Lipinski definition) is 0. The van der Waals surface area contributed by atoms with Gasteiger partial charge in [0.15, 0.2) is 0 Å². The summed E-state index contributed by atoms with van der Waals surface area (Å²) >= 11 is 3.41. The highest BCUT2D eigenvalue weighted by molar-refractivity contribution is 9.10. The summed E-state index contributed by atoms with van der Waals surface area (Å²) < 4.78 is 37.7. The second kappa shape index (κ2) is 7.09. The molecule has 2 aromatic carbocycles. The van der Waals surface area contributed by atoms with Crippen LogP contribution in [0.3, 0.4) is 0 Å². The molecule has 0 amide bonds. The second-order valence-electron chi connectivity index (χ2n) is 6.76. The Kier molecular flexibility index (Phi) is 5.23. The first-order valence-electron chi connectivity index (χ1n) is 8.18. The fraction of sp³-hybridized carbons (Fsp3) is 0.368. The van der Waals surface area contributed by atoms with E-state index in [9.17, 15) is 8.42 Å². The lowest BCUT2D eigenvalue weighted by Gasteiger charge is -2.19. The molecule has 0 saturated carbocycles. The van der Waals surface area contributed by atoms with Crippen molar-refractivity contribution in [3.05, 3.63) is 53.0 Å². The third-order valence-electron chi connectivity index (χ3n) is 4.25. The summed E-state index contributed by atoms with van der Waals surface area (Å²) in [5.41, 5.74) is -0.0983. The van der Waals surface area contributed by atoms with Crippen LogP contribution in [0.1, 0.15) is 26.7 Å². The Morgan fingerprint density at radius 3 is 2.48 bits per heavy atom. The molecule has 0 aliphatic carbocycles. The molecule has 0 unspecified atom stereocenters. The van der Waals surface area contributed by atoms with Crippen LogP contribution in [0.4, 0.5) is 0 Å². The van der Waals surface area contributed by atoms with E-state index < -0.39 is 9.84 Å². The highest BCUT2D eigenvalue weighted by Crippen LogP contribution is 2.33. The van der Waals surface area contributed by atoms with Crippen LogP contribution in [0.5, 0.6) is 5.75 Å². The van der Waals surface area contributed by atoms with Crippen LogP contribution < -0.4 is 4.74 Å². The lowest BCUT2D eigenvalue weighted by Crippen LogP contribution is -2.23. The molecule has 4 nitrogen and oxygen atoms in total. The third kappa shape index (κ3) is 4.25. The number of halogens is 1. The molecular weight excluding hydrogens is 404 g/mol. The lowest BCUT2D eigenvalue weighted by atomic mass is 10.1. The zero-order valence-electron chi connectivity index (χ0n) is 14.2.